The van der Waals surface area contributed by atoms with Gasteiger partial charge in [-0.05, 0) is 6.42 Å². The molecule has 1 rings (SSSR count). The summed E-state index contributed by atoms with van der Waals surface area (Å²) in [5.41, 5.74) is 0. The lowest BCUT2D eigenvalue weighted by Gasteiger charge is -2.04. The van der Waals surface area contributed by atoms with Crippen LogP contribution in [0.5, 0.6) is 0 Å². The molecule has 0 spiro atoms. The van der Waals surface area contributed by atoms with Gasteiger partial charge >= 0.3 is 5.97 Å². The van der Waals surface area contributed by atoms with Crippen molar-refractivity contribution >= 4 is 5.97 Å². The molecule has 1 fully saturated rings. The largest absolute Gasteiger partial charge is 0.479 e. The molecule has 1 aliphatic heterocycles. The topological polar surface area (TPSA) is 55.8 Å². The number of rotatable bonds is 2. The molecule has 0 aromatic rings. The number of aliphatic carboxylic acids is 1. The highest BCUT2D eigenvalue weighted by Gasteiger charge is 2.29. The Bertz CT molecular complexity index is 134. The summed E-state index contributed by atoms with van der Waals surface area (Å²) in [4.78, 5) is 10.3. The minimum atomic E-state index is -0.948. The van der Waals surface area contributed by atoms with Crippen molar-refractivity contribution in [2.24, 2.45) is 0 Å². The van der Waals surface area contributed by atoms with Gasteiger partial charge in [-0.2, -0.15) is 0 Å². The average molecular weight is 146 g/mol. The van der Waals surface area contributed by atoms with Crippen LogP contribution >= 0.6 is 0 Å². The predicted octanol–water partition coefficient (Wildman–Crippen LogP) is 0.222. The zero-order valence-electron chi connectivity index (χ0n) is 5.74. The number of carbonyl (C=O) groups is 1. The first-order valence-corrected chi connectivity index (χ1v) is 3.24. The summed E-state index contributed by atoms with van der Waals surface area (Å²) >= 11 is 0. The van der Waals surface area contributed by atoms with E-state index in [1.54, 1.807) is 0 Å². The van der Waals surface area contributed by atoms with Gasteiger partial charge in [0.2, 0.25) is 0 Å². The molecule has 0 aliphatic carbocycles. The van der Waals surface area contributed by atoms with E-state index in [4.69, 9.17) is 14.6 Å². The van der Waals surface area contributed by atoms with Crippen molar-refractivity contribution in [3.63, 3.8) is 0 Å². The van der Waals surface area contributed by atoms with Crippen molar-refractivity contribution in [1.82, 2.24) is 0 Å². The molecule has 10 heavy (non-hydrogen) atoms. The number of hydrogen-bond donors (Lipinski definition) is 1. The fourth-order valence-corrected chi connectivity index (χ4v) is 0.800. The summed E-state index contributed by atoms with van der Waals surface area (Å²) < 4.78 is 9.92. The second-order valence-electron chi connectivity index (χ2n) is 2.13. The van der Waals surface area contributed by atoms with Gasteiger partial charge in [-0.15, -0.1) is 0 Å². The van der Waals surface area contributed by atoms with Gasteiger partial charge in [0.1, 0.15) is 0 Å². The van der Waals surface area contributed by atoms with Gasteiger partial charge in [-0.25, -0.2) is 4.79 Å². The monoisotopic (exact) mass is 146 g/mol. The Morgan fingerprint density at radius 2 is 2.50 bits per heavy atom. The zero-order chi connectivity index (χ0) is 7.56. The van der Waals surface area contributed by atoms with Crippen molar-refractivity contribution in [3.05, 3.63) is 0 Å². The maximum Gasteiger partial charge on any atom is 0.335 e. The van der Waals surface area contributed by atoms with Crippen LogP contribution in [0.1, 0.15) is 13.3 Å². The van der Waals surface area contributed by atoms with Crippen molar-refractivity contribution in [1.29, 1.82) is 0 Å². The Morgan fingerprint density at radius 1 is 1.80 bits per heavy atom. The molecule has 2 atom stereocenters. The molecule has 4 nitrogen and oxygen atoms in total. The minimum absolute atomic E-state index is 0.174. The summed E-state index contributed by atoms with van der Waals surface area (Å²) in [6.07, 6.45) is -0.380. The third kappa shape index (κ3) is 1.46. The number of carboxylic acid groups (broad SMARTS) is 1. The fraction of sp³-hybridized carbons (Fsp3) is 0.833. The van der Waals surface area contributed by atoms with Crippen LogP contribution in [0.25, 0.3) is 0 Å². The van der Waals surface area contributed by atoms with E-state index in [1.165, 1.54) is 0 Å². The Labute approximate surface area is 58.7 Å². The molecule has 58 valence electrons. The van der Waals surface area contributed by atoms with Crippen LogP contribution in [0.2, 0.25) is 0 Å². The fourth-order valence-electron chi connectivity index (χ4n) is 0.800. The average Bonchev–Trinajstić information content (AvgIpc) is 2.34. The number of carboxylic acids is 1. The standard InChI is InChI=1S/C6H10O4/c1-2-5-9-3-4(10-5)6(7)8/h4-5H,2-3H2,1H3,(H,7,8)/t4?,5-/m1/s1. The van der Waals surface area contributed by atoms with E-state index in [9.17, 15) is 4.79 Å². The molecule has 1 unspecified atom stereocenters. The van der Waals surface area contributed by atoms with Crippen LogP contribution in [0, 0.1) is 0 Å². The molecule has 1 saturated heterocycles. The lowest BCUT2D eigenvalue weighted by Crippen LogP contribution is -2.22. The van der Waals surface area contributed by atoms with E-state index in [1.807, 2.05) is 6.92 Å². The second-order valence-corrected chi connectivity index (χ2v) is 2.13. The van der Waals surface area contributed by atoms with Gasteiger partial charge in [-0.1, -0.05) is 6.92 Å². The Balaban J connectivity index is 2.35. The molecule has 0 saturated carbocycles. The highest BCUT2D eigenvalue weighted by Crippen LogP contribution is 2.13. The molecule has 1 N–H and O–H groups in total. The predicted molar refractivity (Wildman–Crippen MR) is 32.5 cm³/mol. The van der Waals surface area contributed by atoms with Gasteiger partial charge in [0.15, 0.2) is 12.4 Å². The maximum atomic E-state index is 10.3. The summed E-state index contributed by atoms with van der Waals surface area (Å²) in [7, 11) is 0. The lowest BCUT2D eigenvalue weighted by atomic mass is 10.4. The minimum Gasteiger partial charge on any atom is -0.479 e. The van der Waals surface area contributed by atoms with Gasteiger partial charge in [0, 0.05) is 0 Å². The third-order valence-corrected chi connectivity index (χ3v) is 1.36. The maximum absolute atomic E-state index is 10.3. The Kier molecular flexibility index (Phi) is 2.24. The van der Waals surface area contributed by atoms with E-state index in [0.717, 1.165) is 0 Å². The molecule has 0 bridgehead atoms. The highest BCUT2D eigenvalue weighted by molar-refractivity contribution is 5.72. The molecule has 4 heteroatoms. The first-order chi connectivity index (χ1) is 4.74. The molecule has 1 aliphatic rings. The molecule has 1 heterocycles. The van der Waals surface area contributed by atoms with E-state index < -0.39 is 12.1 Å². The molecule has 0 aromatic heterocycles. The molecular formula is C6H10O4. The Morgan fingerprint density at radius 3 is 2.80 bits per heavy atom. The van der Waals surface area contributed by atoms with Crippen LogP contribution in [-0.2, 0) is 14.3 Å². The van der Waals surface area contributed by atoms with Crippen LogP contribution in [0.15, 0.2) is 0 Å². The van der Waals surface area contributed by atoms with Crippen LogP contribution in [0.4, 0.5) is 0 Å². The highest BCUT2D eigenvalue weighted by atomic mass is 16.7. The van der Waals surface area contributed by atoms with Crippen LogP contribution in [0.3, 0.4) is 0 Å². The van der Waals surface area contributed by atoms with Crippen molar-refractivity contribution in [2.45, 2.75) is 25.7 Å². The summed E-state index contributed by atoms with van der Waals surface area (Å²) in [6.45, 7) is 2.06. The van der Waals surface area contributed by atoms with Gasteiger partial charge in [-0.3, -0.25) is 0 Å². The SMILES string of the molecule is CC[C@@H]1OCC(C(=O)O)O1. The lowest BCUT2D eigenvalue weighted by molar-refractivity contribution is -0.150. The van der Waals surface area contributed by atoms with E-state index in [-0.39, 0.29) is 12.9 Å². The normalized spacial score (nSPS) is 32.5. The zero-order valence-corrected chi connectivity index (χ0v) is 5.74. The van der Waals surface area contributed by atoms with Crippen molar-refractivity contribution < 1.29 is 19.4 Å². The van der Waals surface area contributed by atoms with Gasteiger partial charge in [0.25, 0.3) is 0 Å². The van der Waals surface area contributed by atoms with E-state index in [0.29, 0.717) is 6.42 Å². The first kappa shape index (κ1) is 7.50. The quantitative estimate of drug-likeness (QED) is 0.605. The first-order valence-electron chi connectivity index (χ1n) is 3.24. The number of ether oxygens (including phenoxy) is 2. The molecular weight excluding hydrogens is 136 g/mol. The van der Waals surface area contributed by atoms with E-state index >= 15 is 0 Å². The summed E-state index contributed by atoms with van der Waals surface area (Å²) in [5.74, 6) is -0.948. The van der Waals surface area contributed by atoms with Gasteiger partial charge < -0.3 is 14.6 Å². The van der Waals surface area contributed by atoms with Crippen LogP contribution in [-0.4, -0.2) is 30.1 Å². The van der Waals surface area contributed by atoms with Gasteiger partial charge in [0.05, 0.1) is 6.61 Å². The number of hydrogen-bond acceptors (Lipinski definition) is 3. The summed E-state index contributed by atoms with van der Waals surface area (Å²) in [6, 6.07) is 0. The smallest absolute Gasteiger partial charge is 0.335 e. The van der Waals surface area contributed by atoms with Crippen LogP contribution < -0.4 is 0 Å². The van der Waals surface area contributed by atoms with Crippen molar-refractivity contribution in [2.75, 3.05) is 6.61 Å². The second kappa shape index (κ2) is 2.98. The Hall–Kier alpha value is -0.610. The molecule has 0 amide bonds. The molecule has 0 radical (unpaired) electrons. The summed E-state index contributed by atoms with van der Waals surface area (Å²) in [5, 5.41) is 8.42. The van der Waals surface area contributed by atoms with E-state index in [2.05, 4.69) is 0 Å². The van der Waals surface area contributed by atoms with Crippen molar-refractivity contribution in [3.8, 4) is 0 Å². The third-order valence-electron chi connectivity index (χ3n) is 1.36. The molecule has 0 aromatic carbocycles.